The highest BCUT2D eigenvalue weighted by atomic mass is 35.5. The van der Waals surface area contributed by atoms with Gasteiger partial charge in [-0.3, -0.25) is 4.79 Å². The molecule has 0 aliphatic heterocycles. The number of amides is 1. The fraction of sp³-hybridized carbons (Fsp3) is 0.462. The van der Waals surface area contributed by atoms with Gasteiger partial charge in [0.05, 0.1) is 12.6 Å². The summed E-state index contributed by atoms with van der Waals surface area (Å²) in [6, 6.07) is 6.73. The Hall–Kier alpha value is -0.710. The lowest BCUT2D eigenvalue weighted by Crippen LogP contribution is -2.35. The number of thioether (sulfide) groups is 1. The van der Waals surface area contributed by atoms with Gasteiger partial charge < -0.3 is 10.4 Å². The maximum atomic E-state index is 11.9. The van der Waals surface area contributed by atoms with Crippen LogP contribution in [0.2, 0.25) is 5.02 Å². The van der Waals surface area contributed by atoms with Gasteiger partial charge in [-0.25, -0.2) is 0 Å². The molecule has 3 nitrogen and oxygen atoms in total. The van der Waals surface area contributed by atoms with E-state index in [-0.39, 0.29) is 24.5 Å². The molecule has 2 unspecified atom stereocenters. The maximum Gasteiger partial charge on any atom is 0.224 e. The number of carbonyl (C=O) groups excluding carboxylic acids is 1. The molecule has 2 N–H and O–H groups in total. The predicted octanol–water partition coefficient (Wildman–Crippen LogP) is 2.49. The first-order chi connectivity index (χ1) is 8.58. The van der Waals surface area contributed by atoms with E-state index in [1.807, 2.05) is 25.3 Å². The summed E-state index contributed by atoms with van der Waals surface area (Å²) in [7, 11) is 0. The van der Waals surface area contributed by atoms with Gasteiger partial charge in [0.1, 0.15) is 0 Å². The molecular formula is C13H18ClNO2S. The average molecular weight is 288 g/mol. The lowest BCUT2D eigenvalue weighted by atomic mass is 10.1. The number of carbonyl (C=O) groups is 1. The Morgan fingerprint density at radius 1 is 1.44 bits per heavy atom. The standard InChI is InChI=1S/C13H18ClNO2S/c1-9(8-18-2)13(17)15-12(7-16)10-3-5-11(14)6-4-10/h3-6,9,12,16H,7-8H2,1-2H3,(H,15,17). The van der Waals surface area contributed by atoms with E-state index in [1.165, 1.54) is 0 Å². The third kappa shape index (κ3) is 4.52. The highest BCUT2D eigenvalue weighted by Gasteiger charge is 2.18. The van der Waals surface area contributed by atoms with Crippen molar-refractivity contribution in [1.82, 2.24) is 5.32 Å². The molecule has 1 rings (SSSR count). The molecule has 0 aliphatic carbocycles. The number of aliphatic hydroxyl groups is 1. The Balaban J connectivity index is 2.67. The SMILES string of the molecule is CSCC(C)C(=O)NC(CO)c1ccc(Cl)cc1. The van der Waals surface area contributed by atoms with Gasteiger partial charge in [0.2, 0.25) is 5.91 Å². The van der Waals surface area contributed by atoms with Crippen molar-refractivity contribution in [3.63, 3.8) is 0 Å². The number of hydrogen-bond acceptors (Lipinski definition) is 3. The van der Waals surface area contributed by atoms with Gasteiger partial charge in [0.25, 0.3) is 0 Å². The van der Waals surface area contributed by atoms with Gasteiger partial charge in [-0.1, -0.05) is 30.7 Å². The Morgan fingerprint density at radius 3 is 2.56 bits per heavy atom. The Labute approximate surface area is 117 Å². The molecule has 0 saturated heterocycles. The summed E-state index contributed by atoms with van der Waals surface area (Å²) in [5, 5.41) is 12.8. The van der Waals surface area contributed by atoms with E-state index >= 15 is 0 Å². The smallest absolute Gasteiger partial charge is 0.224 e. The van der Waals surface area contributed by atoms with E-state index in [0.717, 1.165) is 11.3 Å². The molecule has 5 heteroatoms. The summed E-state index contributed by atoms with van der Waals surface area (Å²) in [4.78, 5) is 11.9. The molecule has 0 radical (unpaired) electrons. The first-order valence-corrected chi connectivity index (χ1v) is 7.51. The van der Waals surface area contributed by atoms with Crippen molar-refractivity contribution >= 4 is 29.3 Å². The summed E-state index contributed by atoms with van der Waals surface area (Å²) < 4.78 is 0. The largest absolute Gasteiger partial charge is 0.394 e. The van der Waals surface area contributed by atoms with Crippen LogP contribution in [0.1, 0.15) is 18.5 Å². The summed E-state index contributed by atoms with van der Waals surface area (Å²) in [6.45, 7) is 1.75. The number of hydrogen-bond donors (Lipinski definition) is 2. The minimum atomic E-state index is -0.376. The van der Waals surface area contributed by atoms with E-state index < -0.39 is 0 Å². The summed E-state index contributed by atoms with van der Waals surface area (Å²) >= 11 is 7.43. The average Bonchev–Trinajstić information content (AvgIpc) is 2.37. The van der Waals surface area contributed by atoms with Crippen molar-refractivity contribution in [3.8, 4) is 0 Å². The lowest BCUT2D eigenvalue weighted by Gasteiger charge is -2.19. The molecule has 18 heavy (non-hydrogen) atoms. The quantitative estimate of drug-likeness (QED) is 0.845. The van der Waals surface area contributed by atoms with Crippen molar-refractivity contribution in [3.05, 3.63) is 34.9 Å². The van der Waals surface area contributed by atoms with Crippen molar-refractivity contribution in [2.75, 3.05) is 18.6 Å². The molecule has 0 heterocycles. The van der Waals surface area contributed by atoms with E-state index in [2.05, 4.69) is 5.32 Å². The molecule has 0 spiro atoms. The molecule has 0 saturated carbocycles. The van der Waals surface area contributed by atoms with Gasteiger partial charge in [-0.05, 0) is 24.0 Å². The molecule has 0 aliphatic rings. The van der Waals surface area contributed by atoms with Crippen molar-refractivity contribution < 1.29 is 9.90 Å². The van der Waals surface area contributed by atoms with E-state index in [4.69, 9.17) is 11.6 Å². The third-order valence-corrected chi connectivity index (χ3v) is 3.72. The van der Waals surface area contributed by atoms with Crippen LogP contribution in [-0.4, -0.2) is 29.6 Å². The van der Waals surface area contributed by atoms with Gasteiger partial charge in [0.15, 0.2) is 0 Å². The molecule has 100 valence electrons. The number of halogens is 1. The van der Waals surface area contributed by atoms with Crippen LogP contribution in [-0.2, 0) is 4.79 Å². The topological polar surface area (TPSA) is 49.3 Å². The second-order valence-electron chi connectivity index (χ2n) is 4.15. The zero-order valence-electron chi connectivity index (χ0n) is 10.5. The van der Waals surface area contributed by atoms with Crippen LogP contribution >= 0.6 is 23.4 Å². The maximum absolute atomic E-state index is 11.9. The number of aliphatic hydroxyl groups excluding tert-OH is 1. The van der Waals surface area contributed by atoms with Crippen LogP contribution in [0.4, 0.5) is 0 Å². The van der Waals surface area contributed by atoms with Crippen molar-refractivity contribution in [2.24, 2.45) is 5.92 Å². The van der Waals surface area contributed by atoms with E-state index in [9.17, 15) is 9.90 Å². The monoisotopic (exact) mass is 287 g/mol. The first-order valence-electron chi connectivity index (χ1n) is 5.74. The highest BCUT2D eigenvalue weighted by Crippen LogP contribution is 2.17. The Bertz CT molecular complexity index is 383. The van der Waals surface area contributed by atoms with E-state index in [0.29, 0.717) is 5.02 Å². The predicted molar refractivity (Wildman–Crippen MR) is 77.0 cm³/mol. The van der Waals surface area contributed by atoms with Crippen LogP contribution in [0.15, 0.2) is 24.3 Å². The third-order valence-electron chi connectivity index (χ3n) is 2.64. The van der Waals surface area contributed by atoms with Crippen LogP contribution < -0.4 is 5.32 Å². The van der Waals surface area contributed by atoms with Gasteiger partial charge in [0, 0.05) is 16.7 Å². The zero-order valence-corrected chi connectivity index (χ0v) is 12.1. The fourth-order valence-electron chi connectivity index (χ4n) is 1.57. The fourth-order valence-corrected chi connectivity index (χ4v) is 2.35. The van der Waals surface area contributed by atoms with Crippen LogP contribution in [0.25, 0.3) is 0 Å². The molecule has 1 amide bonds. The molecule has 0 aromatic heterocycles. The van der Waals surface area contributed by atoms with Gasteiger partial charge in [-0.15, -0.1) is 0 Å². The molecule has 1 aromatic carbocycles. The Morgan fingerprint density at radius 2 is 2.06 bits per heavy atom. The second-order valence-corrected chi connectivity index (χ2v) is 5.50. The first kappa shape index (κ1) is 15.3. The van der Waals surface area contributed by atoms with Gasteiger partial charge in [-0.2, -0.15) is 11.8 Å². The Kier molecular flexibility index (Phi) is 6.54. The molecule has 1 aromatic rings. The number of nitrogens with one attached hydrogen (secondary N) is 1. The molecule has 2 atom stereocenters. The molecule has 0 bridgehead atoms. The molecular weight excluding hydrogens is 270 g/mol. The zero-order chi connectivity index (χ0) is 13.5. The highest BCUT2D eigenvalue weighted by molar-refractivity contribution is 7.98. The second kappa shape index (κ2) is 7.67. The van der Waals surface area contributed by atoms with Gasteiger partial charge >= 0.3 is 0 Å². The molecule has 0 fully saturated rings. The summed E-state index contributed by atoms with van der Waals surface area (Å²) in [6.07, 6.45) is 1.96. The minimum Gasteiger partial charge on any atom is -0.394 e. The normalized spacial score (nSPS) is 14.0. The van der Waals surface area contributed by atoms with E-state index in [1.54, 1.807) is 23.9 Å². The number of benzene rings is 1. The summed E-state index contributed by atoms with van der Waals surface area (Å²) in [5.74, 6) is 0.657. The lowest BCUT2D eigenvalue weighted by molar-refractivity contribution is -0.124. The van der Waals surface area contributed by atoms with Crippen LogP contribution in [0.3, 0.4) is 0 Å². The van der Waals surface area contributed by atoms with Crippen LogP contribution in [0, 0.1) is 5.92 Å². The van der Waals surface area contributed by atoms with Crippen molar-refractivity contribution in [2.45, 2.75) is 13.0 Å². The van der Waals surface area contributed by atoms with Crippen molar-refractivity contribution in [1.29, 1.82) is 0 Å². The van der Waals surface area contributed by atoms with Crippen LogP contribution in [0.5, 0.6) is 0 Å². The number of rotatable bonds is 6. The summed E-state index contributed by atoms with van der Waals surface area (Å²) in [5.41, 5.74) is 0.853. The minimum absolute atomic E-state index is 0.0432.